The van der Waals surface area contributed by atoms with Crippen molar-refractivity contribution in [2.75, 3.05) is 7.11 Å². The van der Waals surface area contributed by atoms with Crippen LogP contribution < -0.4 is 9.47 Å². The van der Waals surface area contributed by atoms with Gasteiger partial charge in [0.1, 0.15) is 18.1 Å². The fraction of sp³-hybridized carbons (Fsp3) is 0.286. The summed E-state index contributed by atoms with van der Waals surface area (Å²) in [5.41, 5.74) is 3.24. The molecule has 6 nitrogen and oxygen atoms in total. The van der Waals surface area contributed by atoms with E-state index in [1.54, 1.807) is 18.0 Å². The Bertz CT molecular complexity index is 1020. The Morgan fingerprint density at radius 1 is 1.21 bits per heavy atom. The third kappa shape index (κ3) is 4.67. The number of hydrogen-bond donors (Lipinski definition) is 1. The van der Waals surface area contributed by atoms with Crippen LogP contribution in [-0.2, 0) is 6.61 Å². The van der Waals surface area contributed by atoms with E-state index in [1.807, 2.05) is 37.3 Å². The SMILES string of the molecule is COc1ccc(/C=N\n2c(COc3cc(C)ccc3C(C)C)n[nH]c2=S)cc1. The number of aryl methyl sites for hydroxylation is 1. The van der Waals surface area contributed by atoms with E-state index in [2.05, 4.69) is 41.3 Å². The number of aromatic amines is 1. The Morgan fingerprint density at radius 3 is 2.64 bits per heavy atom. The van der Waals surface area contributed by atoms with Gasteiger partial charge in [0.2, 0.25) is 4.77 Å². The average molecular weight is 397 g/mol. The Hall–Kier alpha value is -2.93. The van der Waals surface area contributed by atoms with Gasteiger partial charge in [0.25, 0.3) is 0 Å². The molecule has 3 rings (SSSR count). The molecule has 1 aromatic heterocycles. The van der Waals surface area contributed by atoms with Crippen molar-refractivity contribution < 1.29 is 9.47 Å². The molecule has 0 atom stereocenters. The lowest BCUT2D eigenvalue weighted by Gasteiger charge is -2.14. The molecule has 0 radical (unpaired) electrons. The van der Waals surface area contributed by atoms with Crippen molar-refractivity contribution in [3.8, 4) is 11.5 Å². The summed E-state index contributed by atoms with van der Waals surface area (Å²) in [6, 6.07) is 13.8. The van der Waals surface area contributed by atoms with Crippen LogP contribution in [0.1, 0.15) is 42.3 Å². The second-order valence-corrected chi connectivity index (χ2v) is 7.15. The number of benzene rings is 2. The predicted molar refractivity (Wildman–Crippen MR) is 113 cm³/mol. The lowest BCUT2D eigenvalue weighted by molar-refractivity contribution is 0.286. The molecule has 0 amide bonds. The van der Waals surface area contributed by atoms with Crippen molar-refractivity contribution in [1.29, 1.82) is 0 Å². The molecule has 0 aliphatic carbocycles. The van der Waals surface area contributed by atoms with Crippen LogP contribution in [0.25, 0.3) is 0 Å². The predicted octanol–water partition coefficient (Wildman–Crippen LogP) is 4.84. The van der Waals surface area contributed by atoms with Gasteiger partial charge < -0.3 is 9.47 Å². The first-order valence-electron chi connectivity index (χ1n) is 9.06. The van der Waals surface area contributed by atoms with Gasteiger partial charge in [-0.1, -0.05) is 26.0 Å². The van der Waals surface area contributed by atoms with E-state index in [0.29, 0.717) is 16.5 Å². The first kappa shape index (κ1) is 19.8. The first-order valence-corrected chi connectivity index (χ1v) is 9.47. The van der Waals surface area contributed by atoms with Crippen LogP contribution >= 0.6 is 12.2 Å². The highest BCUT2D eigenvalue weighted by Crippen LogP contribution is 2.28. The van der Waals surface area contributed by atoms with E-state index in [4.69, 9.17) is 21.7 Å². The van der Waals surface area contributed by atoms with Gasteiger partial charge in [0.15, 0.2) is 5.82 Å². The second-order valence-electron chi connectivity index (χ2n) is 6.76. The molecule has 3 aromatic rings. The molecule has 0 aliphatic rings. The van der Waals surface area contributed by atoms with Gasteiger partial charge in [-0.3, -0.25) is 0 Å². The topological polar surface area (TPSA) is 64.4 Å². The minimum Gasteiger partial charge on any atom is -0.497 e. The lowest BCUT2D eigenvalue weighted by Crippen LogP contribution is -2.06. The summed E-state index contributed by atoms with van der Waals surface area (Å²) in [5, 5.41) is 11.5. The number of ether oxygens (including phenoxy) is 2. The molecule has 0 unspecified atom stereocenters. The Labute approximate surface area is 169 Å². The van der Waals surface area contributed by atoms with Crippen molar-refractivity contribution in [3.63, 3.8) is 0 Å². The Kier molecular flexibility index (Phi) is 6.26. The van der Waals surface area contributed by atoms with Crippen LogP contribution in [0, 0.1) is 11.7 Å². The zero-order chi connectivity index (χ0) is 20.1. The molecule has 0 saturated heterocycles. The van der Waals surface area contributed by atoms with Crippen LogP contribution in [-0.4, -0.2) is 28.2 Å². The standard InChI is InChI=1S/C21H24N4O2S/c1-14(2)18-10-5-15(3)11-19(18)27-13-20-23-24-21(28)25(20)22-12-16-6-8-17(26-4)9-7-16/h5-12,14H,13H2,1-4H3,(H,24,28)/b22-12-. The molecule has 1 N–H and O–H groups in total. The molecular formula is C21H24N4O2S. The highest BCUT2D eigenvalue weighted by Gasteiger charge is 2.11. The van der Waals surface area contributed by atoms with Gasteiger partial charge in [-0.2, -0.15) is 14.9 Å². The van der Waals surface area contributed by atoms with Crippen LogP contribution in [0.15, 0.2) is 47.6 Å². The fourth-order valence-corrected chi connectivity index (χ4v) is 2.94. The number of aromatic nitrogens is 3. The van der Waals surface area contributed by atoms with E-state index in [-0.39, 0.29) is 6.61 Å². The third-order valence-corrected chi connectivity index (χ3v) is 4.57. The Balaban J connectivity index is 1.79. The highest BCUT2D eigenvalue weighted by atomic mass is 32.1. The maximum atomic E-state index is 6.06. The maximum absolute atomic E-state index is 6.06. The largest absolute Gasteiger partial charge is 0.497 e. The van der Waals surface area contributed by atoms with Gasteiger partial charge in [0.05, 0.1) is 13.3 Å². The first-order chi connectivity index (χ1) is 13.5. The molecule has 2 aromatic carbocycles. The number of nitrogens with one attached hydrogen (secondary N) is 1. The number of nitrogens with zero attached hydrogens (tertiary/aromatic N) is 3. The molecule has 1 heterocycles. The quantitative estimate of drug-likeness (QED) is 0.458. The summed E-state index contributed by atoms with van der Waals surface area (Å²) in [7, 11) is 1.64. The van der Waals surface area contributed by atoms with E-state index < -0.39 is 0 Å². The van der Waals surface area contributed by atoms with Crippen molar-refractivity contribution in [2.24, 2.45) is 5.10 Å². The van der Waals surface area contributed by atoms with E-state index in [1.165, 1.54) is 0 Å². The van der Waals surface area contributed by atoms with E-state index >= 15 is 0 Å². The van der Waals surface area contributed by atoms with Crippen molar-refractivity contribution in [3.05, 3.63) is 69.8 Å². The van der Waals surface area contributed by atoms with Gasteiger partial charge in [-0.15, -0.1) is 0 Å². The van der Waals surface area contributed by atoms with Crippen LogP contribution in [0.5, 0.6) is 11.5 Å². The van der Waals surface area contributed by atoms with Crippen molar-refractivity contribution >= 4 is 18.4 Å². The molecule has 0 saturated carbocycles. The highest BCUT2D eigenvalue weighted by molar-refractivity contribution is 7.71. The van der Waals surface area contributed by atoms with Crippen molar-refractivity contribution in [2.45, 2.75) is 33.3 Å². The zero-order valence-electron chi connectivity index (χ0n) is 16.5. The zero-order valence-corrected chi connectivity index (χ0v) is 17.3. The maximum Gasteiger partial charge on any atom is 0.216 e. The molecule has 0 aliphatic heterocycles. The molecule has 7 heteroatoms. The minimum absolute atomic E-state index is 0.260. The normalized spacial score (nSPS) is 11.3. The van der Waals surface area contributed by atoms with Gasteiger partial charge >= 0.3 is 0 Å². The average Bonchev–Trinajstić information content (AvgIpc) is 3.04. The third-order valence-electron chi connectivity index (χ3n) is 4.30. The number of hydrogen-bond acceptors (Lipinski definition) is 5. The van der Waals surface area contributed by atoms with Gasteiger partial charge in [0, 0.05) is 0 Å². The molecule has 28 heavy (non-hydrogen) atoms. The summed E-state index contributed by atoms with van der Waals surface area (Å²) in [6.45, 7) is 6.60. The smallest absolute Gasteiger partial charge is 0.216 e. The molecule has 0 fully saturated rings. The fourth-order valence-electron chi connectivity index (χ4n) is 2.74. The summed E-state index contributed by atoms with van der Waals surface area (Å²) in [4.78, 5) is 0. The van der Waals surface area contributed by atoms with Crippen LogP contribution in [0.3, 0.4) is 0 Å². The number of rotatable bonds is 7. The van der Waals surface area contributed by atoms with Crippen LogP contribution in [0.2, 0.25) is 0 Å². The van der Waals surface area contributed by atoms with Crippen molar-refractivity contribution in [1.82, 2.24) is 14.9 Å². The summed E-state index contributed by atoms with van der Waals surface area (Å²) >= 11 is 5.30. The number of H-pyrrole nitrogens is 1. The molecule has 0 bridgehead atoms. The van der Waals surface area contributed by atoms with Gasteiger partial charge in [-0.05, 0) is 72.1 Å². The summed E-state index contributed by atoms with van der Waals surface area (Å²) < 4.78 is 13.2. The molecule has 146 valence electrons. The van der Waals surface area contributed by atoms with E-state index in [0.717, 1.165) is 28.2 Å². The van der Waals surface area contributed by atoms with Crippen LogP contribution in [0.4, 0.5) is 0 Å². The molecule has 0 spiro atoms. The van der Waals surface area contributed by atoms with Gasteiger partial charge in [-0.25, -0.2) is 5.10 Å². The van der Waals surface area contributed by atoms with E-state index in [9.17, 15) is 0 Å². The Morgan fingerprint density at radius 2 is 1.96 bits per heavy atom. The second kappa shape index (κ2) is 8.84. The summed E-state index contributed by atoms with van der Waals surface area (Å²) in [5.74, 6) is 2.62. The monoisotopic (exact) mass is 396 g/mol. The minimum atomic E-state index is 0.260. The lowest BCUT2D eigenvalue weighted by atomic mass is 10.0. The number of methoxy groups -OCH3 is 1. The summed E-state index contributed by atoms with van der Waals surface area (Å²) in [6.07, 6.45) is 1.72. The molecular weight excluding hydrogens is 372 g/mol.